The van der Waals surface area contributed by atoms with Crippen LogP contribution in [0.25, 0.3) is 11.5 Å². The molecule has 0 bridgehead atoms. The number of oxazole rings is 1. The summed E-state index contributed by atoms with van der Waals surface area (Å²) in [7, 11) is 0. The summed E-state index contributed by atoms with van der Waals surface area (Å²) in [5.41, 5.74) is 6.08. The quantitative estimate of drug-likeness (QED) is 0.831. The van der Waals surface area contributed by atoms with Crippen LogP contribution in [0.2, 0.25) is 0 Å². The summed E-state index contributed by atoms with van der Waals surface area (Å²) in [6.07, 6.45) is 1.30. The van der Waals surface area contributed by atoms with E-state index in [0.29, 0.717) is 5.69 Å². The van der Waals surface area contributed by atoms with Crippen molar-refractivity contribution in [2.24, 2.45) is 5.73 Å². The molecule has 114 valence electrons. The van der Waals surface area contributed by atoms with Gasteiger partial charge in [0.1, 0.15) is 6.26 Å². The highest BCUT2D eigenvalue weighted by Gasteiger charge is 2.17. The van der Waals surface area contributed by atoms with E-state index in [-0.39, 0.29) is 18.0 Å². The second-order valence-electron chi connectivity index (χ2n) is 3.77. The molecular weight excluding hydrogens is 296 g/mol. The number of alkyl halides is 4. The van der Waals surface area contributed by atoms with E-state index in [4.69, 9.17) is 10.2 Å². The first-order valence-electron chi connectivity index (χ1n) is 5.68. The standard InChI is InChI=1S/C12H10F4N2O3/c13-11(14)20-8-2-1-6(3-9(8)21-12(15)16)10-18-7(4-17)5-19-10/h1-3,5,11-12H,4,17H2. The Labute approximate surface area is 116 Å². The Morgan fingerprint density at radius 1 is 1.10 bits per heavy atom. The highest BCUT2D eigenvalue weighted by Crippen LogP contribution is 2.34. The lowest BCUT2D eigenvalue weighted by Gasteiger charge is -2.12. The van der Waals surface area contributed by atoms with Gasteiger partial charge in [-0.1, -0.05) is 0 Å². The summed E-state index contributed by atoms with van der Waals surface area (Å²) >= 11 is 0. The fraction of sp³-hybridized carbons (Fsp3) is 0.250. The molecule has 2 N–H and O–H groups in total. The number of nitrogens with zero attached hydrogens (tertiary/aromatic N) is 1. The normalized spacial score (nSPS) is 11.2. The average Bonchev–Trinajstić information content (AvgIpc) is 2.88. The van der Waals surface area contributed by atoms with Crippen LogP contribution in [-0.2, 0) is 6.54 Å². The fourth-order valence-electron chi connectivity index (χ4n) is 1.56. The maximum absolute atomic E-state index is 12.3. The molecular formula is C12H10F4N2O3. The van der Waals surface area contributed by atoms with Gasteiger partial charge in [-0.15, -0.1) is 0 Å². The number of hydrogen-bond acceptors (Lipinski definition) is 5. The molecule has 0 aliphatic carbocycles. The van der Waals surface area contributed by atoms with Gasteiger partial charge in [0.15, 0.2) is 11.5 Å². The molecule has 0 fully saturated rings. The van der Waals surface area contributed by atoms with Gasteiger partial charge in [0.25, 0.3) is 0 Å². The molecule has 0 spiro atoms. The van der Waals surface area contributed by atoms with Crippen LogP contribution in [0.5, 0.6) is 11.5 Å². The molecule has 5 nitrogen and oxygen atoms in total. The van der Waals surface area contributed by atoms with Crippen LogP contribution in [0.4, 0.5) is 17.6 Å². The van der Waals surface area contributed by atoms with Crippen molar-refractivity contribution >= 4 is 0 Å². The van der Waals surface area contributed by atoms with Crippen molar-refractivity contribution in [2.75, 3.05) is 0 Å². The summed E-state index contributed by atoms with van der Waals surface area (Å²) in [5.74, 6) is -0.965. The molecule has 21 heavy (non-hydrogen) atoms. The molecule has 1 aromatic heterocycles. The van der Waals surface area contributed by atoms with Gasteiger partial charge in [-0.25, -0.2) is 4.98 Å². The van der Waals surface area contributed by atoms with Crippen molar-refractivity contribution in [1.29, 1.82) is 0 Å². The molecule has 0 unspecified atom stereocenters. The van der Waals surface area contributed by atoms with E-state index in [1.54, 1.807) is 0 Å². The summed E-state index contributed by atoms with van der Waals surface area (Å²) < 4.78 is 62.4. The first-order chi connectivity index (χ1) is 9.99. The minimum absolute atomic E-state index is 0.0955. The topological polar surface area (TPSA) is 70.5 Å². The number of benzene rings is 1. The van der Waals surface area contributed by atoms with Crippen LogP contribution in [0.1, 0.15) is 5.69 Å². The van der Waals surface area contributed by atoms with Crippen molar-refractivity contribution in [3.8, 4) is 23.0 Å². The van der Waals surface area contributed by atoms with Gasteiger partial charge in [-0.3, -0.25) is 0 Å². The molecule has 0 saturated heterocycles. The van der Waals surface area contributed by atoms with Crippen molar-refractivity contribution in [3.05, 3.63) is 30.2 Å². The lowest BCUT2D eigenvalue weighted by atomic mass is 10.2. The number of hydrogen-bond donors (Lipinski definition) is 1. The molecule has 9 heteroatoms. The smallest absolute Gasteiger partial charge is 0.387 e. The number of rotatable bonds is 6. The second kappa shape index (κ2) is 6.44. The number of ether oxygens (including phenoxy) is 2. The molecule has 0 aliphatic rings. The Balaban J connectivity index is 2.35. The van der Waals surface area contributed by atoms with Gasteiger partial charge in [0.05, 0.1) is 5.69 Å². The number of nitrogens with two attached hydrogens (primary N) is 1. The Hall–Kier alpha value is -2.29. The van der Waals surface area contributed by atoms with E-state index in [9.17, 15) is 17.6 Å². The molecule has 0 atom stereocenters. The third-order valence-corrected chi connectivity index (χ3v) is 2.38. The molecule has 2 rings (SSSR count). The van der Waals surface area contributed by atoms with E-state index < -0.39 is 24.7 Å². The lowest BCUT2D eigenvalue weighted by Crippen LogP contribution is -2.07. The molecule has 2 aromatic rings. The monoisotopic (exact) mass is 306 g/mol. The minimum Gasteiger partial charge on any atom is -0.444 e. The maximum Gasteiger partial charge on any atom is 0.387 e. The number of aromatic nitrogens is 1. The van der Waals surface area contributed by atoms with Gasteiger partial charge < -0.3 is 19.6 Å². The predicted octanol–water partition coefficient (Wildman–Crippen LogP) is 3.00. The number of halogens is 4. The van der Waals surface area contributed by atoms with Gasteiger partial charge in [0, 0.05) is 12.1 Å². The molecule has 1 aromatic carbocycles. The van der Waals surface area contributed by atoms with E-state index >= 15 is 0 Å². The Morgan fingerprint density at radius 2 is 1.76 bits per heavy atom. The van der Waals surface area contributed by atoms with Crippen LogP contribution in [-0.4, -0.2) is 18.2 Å². The van der Waals surface area contributed by atoms with E-state index in [0.717, 1.165) is 12.1 Å². The fourth-order valence-corrected chi connectivity index (χ4v) is 1.56. The zero-order chi connectivity index (χ0) is 15.4. The maximum atomic E-state index is 12.3. The SMILES string of the molecule is NCc1coc(-c2ccc(OC(F)F)c(OC(F)F)c2)n1. The first-order valence-corrected chi connectivity index (χ1v) is 5.68. The summed E-state index contributed by atoms with van der Waals surface area (Å²) in [4.78, 5) is 3.99. The molecule has 0 radical (unpaired) electrons. The van der Waals surface area contributed by atoms with Crippen molar-refractivity contribution < 1.29 is 31.5 Å². The van der Waals surface area contributed by atoms with Crippen LogP contribution in [0.15, 0.2) is 28.9 Å². The van der Waals surface area contributed by atoms with E-state index in [1.807, 2.05) is 0 Å². The lowest BCUT2D eigenvalue weighted by molar-refractivity contribution is -0.0692. The zero-order valence-electron chi connectivity index (χ0n) is 10.4. The second-order valence-corrected chi connectivity index (χ2v) is 3.77. The van der Waals surface area contributed by atoms with Gasteiger partial charge in [-0.2, -0.15) is 17.6 Å². The zero-order valence-corrected chi connectivity index (χ0v) is 10.4. The van der Waals surface area contributed by atoms with Crippen LogP contribution in [0.3, 0.4) is 0 Å². The van der Waals surface area contributed by atoms with Crippen molar-refractivity contribution in [3.63, 3.8) is 0 Å². The third-order valence-electron chi connectivity index (χ3n) is 2.38. The predicted molar refractivity (Wildman–Crippen MR) is 63.1 cm³/mol. The Morgan fingerprint density at radius 3 is 2.33 bits per heavy atom. The molecule has 0 aliphatic heterocycles. The first kappa shape index (κ1) is 15.1. The van der Waals surface area contributed by atoms with Crippen LogP contribution in [0, 0.1) is 0 Å². The minimum atomic E-state index is -3.19. The van der Waals surface area contributed by atoms with E-state index in [2.05, 4.69) is 14.5 Å². The molecule has 0 saturated carbocycles. The van der Waals surface area contributed by atoms with Crippen molar-refractivity contribution in [2.45, 2.75) is 19.8 Å². The Bertz CT molecular complexity index is 604. The van der Waals surface area contributed by atoms with E-state index in [1.165, 1.54) is 12.3 Å². The summed E-state index contributed by atoms with van der Waals surface area (Å²) in [6, 6.07) is 3.45. The highest BCUT2D eigenvalue weighted by molar-refractivity contribution is 5.60. The van der Waals surface area contributed by atoms with Crippen LogP contribution < -0.4 is 15.2 Å². The summed E-state index contributed by atoms with van der Waals surface area (Å²) in [6.45, 7) is -6.22. The van der Waals surface area contributed by atoms with Gasteiger partial charge >= 0.3 is 13.2 Å². The van der Waals surface area contributed by atoms with Crippen LogP contribution >= 0.6 is 0 Å². The summed E-state index contributed by atoms with van der Waals surface area (Å²) in [5, 5.41) is 0. The third kappa shape index (κ3) is 3.85. The molecule has 1 heterocycles. The van der Waals surface area contributed by atoms with Crippen molar-refractivity contribution in [1.82, 2.24) is 4.98 Å². The Kier molecular flexibility index (Phi) is 4.63. The van der Waals surface area contributed by atoms with Gasteiger partial charge in [-0.05, 0) is 18.2 Å². The van der Waals surface area contributed by atoms with Gasteiger partial charge in [0.2, 0.25) is 5.89 Å². The average molecular weight is 306 g/mol. The molecule has 0 amide bonds. The largest absolute Gasteiger partial charge is 0.444 e. The highest BCUT2D eigenvalue weighted by atomic mass is 19.3.